The van der Waals surface area contributed by atoms with Gasteiger partial charge in [-0.1, -0.05) is 0 Å². The second-order valence-electron chi connectivity index (χ2n) is 9.40. The molecule has 1 unspecified atom stereocenters. The van der Waals surface area contributed by atoms with Crippen LogP contribution in [-0.4, -0.2) is 39.9 Å². The maximum atomic E-state index is 13.1. The van der Waals surface area contributed by atoms with Gasteiger partial charge in [0.05, 0.1) is 47.1 Å². The minimum Gasteiger partial charge on any atom is -0.438 e. The van der Waals surface area contributed by atoms with E-state index in [1.54, 1.807) is 36.4 Å². The van der Waals surface area contributed by atoms with Crippen LogP contribution in [0.1, 0.15) is 46.4 Å². The number of carbonyl (C=O) groups is 1. The summed E-state index contributed by atoms with van der Waals surface area (Å²) < 4.78 is 6.41. The van der Waals surface area contributed by atoms with E-state index >= 15 is 0 Å². The average molecular weight is 494 g/mol. The predicted molar refractivity (Wildman–Crippen MR) is 137 cm³/mol. The van der Waals surface area contributed by atoms with Gasteiger partial charge in [-0.25, -0.2) is 4.98 Å². The maximum absolute atomic E-state index is 13.1. The van der Waals surface area contributed by atoms with Gasteiger partial charge >= 0.3 is 0 Å². The smallest absolute Gasteiger partial charge is 0.240 e. The van der Waals surface area contributed by atoms with Gasteiger partial charge in [0.2, 0.25) is 17.7 Å². The van der Waals surface area contributed by atoms with Crippen LogP contribution in [0.2, 0.25) is 0 Å². The number of ether oxygens (including phenoxy) is 1. The highest BCUT2D eigenvalue weighted by molar-refractivity contribution is 5.82. The number of aryl methyl sites for hydroxylation is 2. The zero-order chi connectivity index (χ0) is 25.9. The van der Waals surface area contributed by atoms with Gasteiger partial charge in [-0.3, -0.25) is 4.79 Å². The molecular formula is C28H27N7O2. The molecule has 0 radical (unpaired) electrons. The summed E-state index contributed by atoms with van der Waals surface area (Å²) in [6, 6.07) is 14.8. The molecule has 2 aromatic carbocycles. The van der Waals surface area contributed by atoms with Crippen molar-refractivity contribution in [1.82, 2.24) is 20.2 Å². The number of nitrogens with zero attached hydrogens (tertiary/aromatic N) is 5. The Labute approximate surface area is 215 Å². The van der Waals surface area contributed by atoms with Gasteiger partial charge in [-0.05, 0) is 80.8 Å². The second kappa shape index (κ2) is 10.3. The number of fused-ring (bicyclic) bond motifs is 1. The molecule has 2 aliphatic rings. The Morgan fingerprint density at radius 3 is 2.49 bits per heavy atom. The Morgan fingerprint density at radius 2 is 1.84 bits per heavy atom. The van der Waals surface area contributed by atoms with Gasteiger partial charge in [-0.15, -0.1) is 0 Å². The molecule has 5 rings (SSSR count). The van der Waals surface area contributed by atoms with Gasteiger partial charge in [-0.2, -0.15) is 15.5 Å². The van der Waals surface area contributed by atoms with Crippen LogP contribution in [0.15, 0.2) is 36.4 Å². The highest BCUT2D eigenvalue weighted by Crippen LogP contribution is 2.35. The lowest BCUT2D eigenvalue weighted by molar-refractivity contribution is -0.134. The zero-order valence-electron chi connectivity index (χ0n) is 20.8. The number of aromatic nitrogens is 2. The van der Waals surface area contributed by atoms with Crippen molar-refractivity contribution in [3.05, 3.63) is 69.9 Å². The molecule has 3 aromatic rings. The third kappa shape index (κ3) is 5.09. The first-order valence-electron chi connectivity index (χ1n) is 12.3. The van der Waals surface area contributed by atoms with E-state index in [2.05, 4.69) is 22.8 Å². The molecule has 186 valence electrons. The largest absolute Gasteiger partial charge is 0.438 e. The first-order chi connectivity index (χ1) is 17.9. The molecule has 2 aliphatic heterocycles. The maximum Gasteiger partial charge on any atom is 0.240 e. The molecule has 0 saturated carbocycles. The molecule has 1 amide bonds. The number of anilines is 2. The van der Waals surface area contributed by atoms with Gasteiger partial charge in [0, 0.05) is 18.7 Å². The van der Waals surface area contributed by atoms with E-state index in [9.17, 15) is 10.1 Å². The number of rotatable bonds is 5. The SMILES string of the molecule is Cc1cc(C#N)cc(C)c1Oc1nc(Nc2ccc(C#N)cc2)nc2c1CN(C(=O)C1CCCN1)CC2. The third-order valence-corrected chi connectivity index (χ3v) is 6.75. The standard InChI is InChI=1S/C28H27N7O2/c1-17-12-20(15-30)13-18(2)25(17)37-26-22-16-35(27(36)24-4-3-10-31-24)11-9-23(22)33-28(34-26)32-21-7-5-19(14-29)6-8-21/h5-8,12-13,24,31H,3-4,9-11,16H2,1-2H3,(H,32,33,34). The summed E-state index contributed by atoms with van der Waals surface area (Å²) in [5.41, 5.74) is 5.13. The topological polar surface area (TPSA) is 127 Å². The monoisotopic (exact) mass is 493 g/mol. The highest BCUT2D eigenvalue weighted by atomic mass is 16.5. The molecule has 0 aliphatic carbocycles. The van der Waals surface area contributed by atoms with E-state index < -0.39 is 0 Å². The number of hydrogen-bond acceptors (Lipinski definition) is 8. The summed E-state index contributed by atoms with van der Waals surface area (Å²) in [7, 11) is 0. The van der Waals surface area contributed by atoms with E-state index in [4.69, 9.17) is 20.0 Å². The Morgan fingerprint density at radius 1 is 1.11 bits per heavy atom. The molecule has 37 heavy (non-hydrogen) atoms. The van der Waals surface area contributed by atoms with E-state index in [-0.39, 0.29) is 11.9 Å². The first-order valence-corrected chi connectivity index (χ1v) is 12.3. The molecular weight excluding hydrogens is 466 g/mol. The van der Waals surface area contributed by atoms with Crippen LogP contribution < -0.4 is 15.4 Å². The minimum absolute atomic E-state index is 0.0969. The number of nitriles is 2. The summed E-state index contributed by atoms with van der Waals surface area (Å²) in [6.45, 7) is 5.60. The van der Waals surface area contributed by atoms with Gasteiger partial charge < -0.3 is 20.3 Å². The van der Waals surface area contributed by atoms with Crippen LogP contribution in [0.3, 0.4) is 0 Å². The molecule has 1 fully saturated rings. The summed E-state index contributed by atoms with van der Waals surface area (Å²) >= 11 is 0. The van der Waals surface area contributed by atoms with Gasteiger partial charge in [0.25, 0.3) is 0 Å². The molecule has 3 heterocycles. The van der Waals surface area contributed by atoms with Crippen LogP contribution >= 0.6 is 0 Å². The summed E-state index contributed by atoms with van der Waals surface area (Å²) in [5, 5.41) is 24.9. The number of benzene rings is 2. The predicted octanol–water partition coefficient (Wildman–Crippen LogP) is 4.01. The number of carbonyl (C=O) groups excluding carboxylic acids is 1. The fourth-order valence-electron chi connectivity index (χ4n) is 4.86. The fourth-order valence-corrected chi connectivity index (χ4v) is 4.86. The van der Waals surface area contributed by atoms with Crippen LogP contribution in [-0.2, 0) is 17.8 Å². The van der Waals surface area contributed by atoms with E-state index in [1.807, 2.05) is 18.7 Å². The van der Waals surface area contributed by atoms with Gasteiger partial charge in [0.15, 0.2) is 0 Å². The number of amides is 1. The van der Waals surface area contributed by atoms with Gasteiger partial charge in [0.1, 0.15) is 5.75 Å². The molecule has 2 N–H and O–H groups in total. The van der Waals surface area contributed by atoms with Crippen molar-refractivity contribution in [2.24, 2.45) is 0 Å². The van der Waals surface area contributed by atoms with Crippen molar-refractivity contribution in [1.29, 1.82) is 10.5 Å². The molecule has 9 nitrogen and oxygen atoms in total. The summed E-state index contributed by atoms with van der Waals surface area (Å²) in [5.74, 6) is 1.48. The lowest BCUT2D eigenvalue weighted by Crippen LogP contribution is -2.45. The summed E-state index contributed by atoms with van der Waals surface area (Å²) in [4.78, 5) is 24.5. The third-order valence-electron chi connectivity index (χ3n) is 6.75. The molecule has 1 aromatic heterocycles. The fraction of sp³-hybridized carbons (Fsp3) is 0.321. The van der Waals surface area contributed by atoms with Crippen LogP contribution in [0.4, 0.5) is 11.6 Å². The second-order valence-corrected chi connectivity index (χ2v) is 9.40. The Bertz CT molecular complexity index is 1410. The van der Waals surface area contributed by atoms with Crippen molar-refractivity contribution in [3.63, 3.8) is 0 Å². The van der Waals surface area contributed by atoms with Crippen LogP contribution in [0, 0.1) is 36.5 Å². The lowest BCUT2D eigenvalue weighted by atomic mass is 10.0. The highest BCUT2D eigenvalue weighted by Gasteiger charge is 2.32. The van der Waals surface area contributed by atoms with Crippen molar-refractivity contribution in [2.75, 3.05) is 18.4 Å². The average Bonchev–Trinajstić information content (AvgIpc) is 3.45. The van der Waals surface area contributed by atoms with Crippen LogP contribution in [0.5, 0.6) is 11.6 Å². The number of hydrogen-bond donors (Lipinski definition) is 2. The first kappa shape index (κ1) is 24.2. The normalized spacial score (nSPS) is 16.4. The molecule has 9 heteroatoms. The number of nitrogens with one attached hydrogen (secondary N) is 2. The van der Waals surface area contributed by atoms with E-state index in [1.165, 1.54) is 0 Å². The summed E-state index contributed by atoms with van der Waals surface area (Å²) in [6.07, 6.45) is 2.43. The zero-order valence-corrected chi connectivity index (χ0v) is 20.8. The molecule has 1 atom stereocenters. The van der Waals surface area contributed by atoms with Crippen molar-refractivity contribution < 1.29 is 9.53 Å². The van der Waals surface area contributed by atoms with Crippen molar-refractivity contribution in [3.8, 4) is 23.8 Å². The van der Waals surface area contributed by atoms with E-state index in [0.717, 1.165) is 47.5 Å². The quantitative estimate of drug-likeness (QED) is 0.546. The Hall–Kier alpha value is -4.47. The minimum atomic E-state index is -0.146. The lowest BCUT2D eigenvalue weighted by Gasteiger charge is -2.31. The molecule has 0 bridgehead atoms. The molecule has 0 spiro atoms. The van der Waals surface area contributed by atoms with E-state index in [0.29, 0.717) is 48.2 Å². The molecule has 1 saturated heterocycles. The van der Waals surface area contributed by atoms with Crippen molar-refractivity contribution >= 4 is 17.5 Å². The Balaban J connectivity index is 1.51. The Kier molecular flexibility index (Phi) is 6.72. The van der Waals surface area contributed by atoms with Crippen LogP contribution in [0.25, 0.3) is 0 Å². The van der Waals surface area contributed by atoms with Crippen molar-refractivity contribution in [2.45, 2.75) is 45.7 Å².